The molecule has 1 aliphatic carbocycles. The predicted octanol–water partition coefficient (Wildman–Crippen LogP) is 4.51. The van der Waals surface area contributed by atoms with Gasteiger partial charge in [0.25, 0.3) is 0 Å². The monoisotopic (exact) mass is 354 g/mol. The van der Waals surface area contributed by atoms with Gasteiger partial charge >= 0.3 is 6.18 Å². The van der Waals surface area contributed by atoms with Gasteiger partial charge in [-0.1, -0.05) is 23.7 Å². The molecular weight excluding hydrogens is 341 g/mol. The van der Waals surface area contributed by atoms with Gasteiger partial charge in [0.05, 0.1) is 21.8 Å². The molecule has 1 heterocycles. The largest absolute Gasteiger partial charge is 0.417 e. The quantitative estimate of drug-likeness (QED) is 0.881. The van der Waals surface area contributed by atoms with E-state index in [1.54, 1.807) is 18.3 Å². The zero-order valence-corrected chi connectivity index (χ0v) is 13.2. The van der Waals surface area contributed by atoms with Crippen LogP contribution in [-0.4, -0.2) is 10.9 Å². The molecule has 3 rings (SSSR count). The number of hydrogen-bond acceptors (Lipinski definition) is 2. The summed E-state index contributed by atoms with van der Waals surface area (Å²) in [6, 6.07) is 7.29. The number of rotatable bonds is 3. The molecule has 3 nitrogen and oxygen atoms in total. The first-order chi connectivity index (χ1) is 11.3. The van der Waals surface area contributed by atoms with Crippen molar-refractivity contribution in [3.63, 3.8) is 0 Å². The van der Waals surface area contributed by atoms with Gasteiger partial charge in [0.1, 0.15) is 0 Å². The van der Waals surface area contributed by atoms with Gasteiger partial charge in [-0.15, -0.1) is 0 Å². The summed E-state index contributed by atoms with van der Waals surface area (Å²) < 4.78 is 40.6. The van der Waals surface area contributed by atoms with E-state index < -0.39 is 29.1 Å². The number of primary amides is 1. The number of nitrogens with two attached hydrogens (primary N) is 1. The number of alkyl halides is 3. The summed E-state index contributed by atoms with van der Waals surface area (Å²) in [5.74, 6) is -1.69. The fraction of sp³-hybridized carbons (Fsp3) is 0.294. The number of pyridine rings is 1. The molecule has 1 aromatic carbocycles. The Morgan fingerprint density at radius 1 is 1.17 bits per heavy atom. The van der Waals surface area contributed by atoms with Crippen molar-refractivity contribution in [2.24, 2.45) is 5.73 Å². The molecule has 1 aromatic heterocycles. The van der Waals surface area contributed by atoms with Crippen LogP contribution in [-0.2, 0) is 6.18 Å². The van der Waals surface area contributed by atoms with E-state index in [1.807, 2.05) is 0 Å². The molecule has 0 aliphatic heterocycles. The minimum atomic E-state index is -4.66. The maximum Gasteiger partial charge on any atom is 0.417 e. The van der Waals surface area contributed by atoms with Crippen molar-refractivity contribution in [1.29, 1.82) is 0 Å². The summed E-state index contributed by atoms with van der Waals surface area (Å²) in [5.41, 5.74) is 4.36. The van der Waals surface area contributed by atoms with Crippen LogP contribution < -0.4 is 5.73 Å². The van der Waals surface area contributed by atoms with Crippen LogP contribution in [0, 0.1) is 0 Å². The average molecular weight is 355 g/mol. The zero-order chi connectivity index (χ0) is 17.5. The third-order valence-corrected chi connectivity index (χ3v) is 4.78. The molecule has 0 bridgehead atoms. The van der Waals surface area contributed by atoms with Gasteiger partial charge in [-0.2, -0.15) is 13.2 Å². The summed E-state index contributed by atoms with van der Waals surface area (Å²) in [6.45, 7) is 0. The van der Waals surface area contributed by atoms with E-state index in [-0.39, 0.29) is 11.5 Å². The minimum Gasteiger partial charge on any atom is -0.366 e. The Morgan fingerprint density at radius 3 is 2.42 bits per heavy atom. The van der Waals surface area contributed by atoms with E-state index in [0.717, 1.165) is 6.07 Å². The minimum absolute atomic E-state index is 0.0803. The fourth-order valence-corrected chi connectivity index (χ4v) is 3.53. The first-order valence-corrected chi connectivity index (χ1v) is 7.79. The normalized spacial score (nSPS) is 20.5. The summed E-state index contributed by atoms with van der Waals surface area (Å²) in [5, 5.41) is 0.437. The first-order valence-electron chi connectivity index (χ1n) is 7.41. The highest BCUT2D eigenvalue weighted by molar-refractivity contribution is 6.31. The van der Waals surface area contributed by atoms with Crippen molar-refractivity contribution in [2.75, 3.05) is 0 Å². The molecule has 24 heavy (non-hydrogen) atoms. The van der Waals surface area contributed by atoms with Gasteiger partial charge in [-0.25, -0.2) is 0 Å². The zero-order valence-electron chi connectivity index (χ0n) is 12.5. The Balaban J connectivity index is 2.09. The summed E-state index contributed by atoms with van der Waals surface area (Å²) in [4.78, 5) is 15.7. The Hall–Kier alpha value is -2.08. The van der Waals surface area contributed by atoms with Crippen LogP contribution in [0.3, 0.4) is 0 Å². The highest BCUT2D eigenvalue weighted by atomic mass is 35.5. The van der Waals surface area contributed by atoms with E-state index in [0.29, 0.717) is 23.6 Å². The lowest BCUT2D eigenvalue weighted by Gasteiger charge is -2.38. The highest BCUT2D eigenvalue weighted by Gasteiger charge is 2.43. The Labute approximate surface area is 141 Å². The Kier molecular flexibility index (Phi) is 4.25. The number of carbonyl (C=O) groups is 1. The van der Waals surface area contributed by atoms with Crippen LogP contribution in [0.15, 0.2) is 36.5 Å². The van der Waals surface area contributed by atoms with Crippen molar-refractivity contribution >= 4 is 17.5 Å². The fourth-order valence-electron chi connectivity index (χ4n) is 3.27. The van der Waals surface area contributed by atoms with Gasteiger partial charge in [-0.3, -0.25) is 9.78 Å². The molecule has 126 valence electrons. The molecule has 1 aliphatic rings. The number of carbonyl (C=O) groups excluding carboxylic acids is 1. The first kappa shape index (κ1) is 16.8. The maximum atomic E-state index is 13.5. The summed E-state index contributed by atoms with van der Waals surface area (Å²) >= 11 is 6.14. The topological polar surface area (TPSA) is 56.0 Å². The lowest BCUT2D eigenvalue weighted by molar-refractivity contribution is -0.139. The molecule has 1 amide bonds. The molecule has 7 heteroatoms. The summed E-state index contributed by atoms with van der Waals surface area (Å²) in [7, 11) is 0. The molecule has 2 atom stereocenters. The van der Waals surface area contributed by atoms with Crippen molar-refractivity contribution in [1.82, 2.24) is 4.98 Å². The van der Waals surface area contributed by atoms with Crippen molar-refractivity contribution in [2.45, 2.75) is 30.9 Å². The highest BCUT2D eigenvalue weighted by Crippen LogP contribution is 2.52. The third kappa shape index (κ3) is 2.86. The maximum absolute atomic E-state index is 13.5. The lowest BCUT2D eigenvalue weighted by Crippen LogP contribution is -2.28. The van der Waals surface area contributed by atoms with Gasteiger partial charge < -0.3 is 5.73 Å². The van der Waals surface area contributed by atoms with Crippen molar-refractivity contribution in [3.05, 3.63) is 63.9 Å². The second-order valence-electron chi connectivity index (χ2n) is 5.79. The average Bonchev–Trinajstić information content (AvgIpc) is 2.47. The van der Waals surface area contributed by atoms with Crippen LogP contribution in [0.1, 0.15) is 51.9 Å². The molecular formula is C17H14ClF3N2O. The molecule has 1 saturated carbocycles. The van der Waals surface area contributed by atoms with E-state index in [4.69, 9.17) is 17.3 Å². The number of aromatic nitrogens is 1. The number of halogens is 4. The Bertz CT molecular complexity index is 792. The van der Waals surface area contributed by atoms with Crippen molar-refractivity contribution < 1.29 is 18.0 Å². The molecule has 0 saturated heterocycles. The number of hydrogen-bond donors (Lipinski definition) is 1. The van der Waals surface area contributed by atoms with Crippen LogP contribution in [0.25, 0.3) is 0 Å². The second-order valence-corrected chi connectivity index (χ2v) is 6.20. The van der Waals surface area contributed by atoms with Crippen LogP contribution in [0.4, 0.5) is 13.2 Å². The van der Waals surface area contributed by atoms with Gasteiger partial charge in [0.15, 0.2) is 0 Å². The molecule has 2 unspecified atom stereocenters. The van der Waals surface area contributed by atoms with Gasteiger partial charge in [0, 0.05) is 12.1 Å². The smallest absolute Gasteiger partial charge is 0.366 e. The SMILES string of the molecule is NC(=O)c1cccc(C2CCC2c2ncccc2Cl)c1C(F)(F)F. The van der Waals surface area contributed by atoms with Gasteiger partial charge in [0.2, 0.25) is 5.91 Å². The van der Waals surface area contributed by atoms with Gasteiger partial charge in [-0.05, 0) is 42.5 Å². The molecule has 2 aromatic rings. The molecule has 1 fully saturated rings. The van der Waals surface area contributed by atoms with Crippen LogP contribution >= 0.6 is 11.6 Å². The molecule has 0 radical (unpaired) electrons. The molecule has 2 N–H and O–H groups in total. The van der Waals surface area contributed by atoms with E-state index in [2.05, 4.69) is 4.98 Å². The Morgan fingerprint density at radius 2 is 1.88 bits per heavy atom. The number of nitrogens with zero attached hydrogens (tertiary/aromatic N) is 1. The van der Waals surface area contributed by atoms with E-state index >= 15 is 0 Å². The third-order valence-electron chi connectivity index (χ3n) is 4.46. The van der Waals surface area contributed by atoms with E-state index in [9.17, 15) is 18.0 Å². The second kappa shape index (κ2) is 6.09. The predicted molar refractivity (Wildman–Crippen MR) is 83.9 cm³/mol. The van der Waals surface area contributed by atoms with Crippen LogP contribution in [0.2, 0.25) is 5.02 Å². The van der Waals surface area contributed by atoms with Crippen LogP contribution in [0.5, 0.6) is 0 Å². The van der Waals surface area contributed by atoms with E-state index in [1.165, 1.54) is 12.1 Å². The lowest BCUT2D eigenvalue weighted by atomic mass is 9.67. The molecule has 0 spiro atoms. The standard InChI is InChI=1S/C17H14ClF3N2O/c18-13-5-2-8-23-15(13)11-7-6-9(11)10-3-1-4-12(16(22)24)14(10)17(19,20)21/h1-5,8-9,11H,6-7H2,(H2,22,24). The van der Waals surface area contributed by atoms with Crippen molar-refractivity contribution in [3.8, 4) is 0 Å². The number of benzene rings is 1. The summed E-state index contributed by atoms with van der Waals surface area (Å²) in [6.07, 6.45) is -1.82. The number of amides is 1.